The van der Waals surface area contributed by atoms with Crippen LogP contribution in [0.15, 0.2) is 23.1 Å². The van der Waals surface area contributed by atoms with E-state index in [9.17, 15) is 21.6 Å². The molecule has 21 heavy (non-hydrogen) atoms. The van der Waals surface area contributed by atoms with Gasteiger partial charge in [-0.25, -0.2) is 12.7 Å². The molecule has 0 fully saturated rings. The summed E-state index contributed by atoms with van der Waals surface area (Å²) in [7, 11) is -3.27. The molecule has 1 N–H and O–H groups in total. The van der Waals surface area contributed by atoms with E-state index in [2.05, 4.69) is 0 Å². The molecule has 0 saturated carbocycles. The van der Waals surface area contributed by atoms with Gasteiger partial charge in [-0.05, 0) is 25.5 Å². The van der Waals surface area contributed by atoms with Crippen molar-refractivity contribution in [3.05, 3.63) is 28.8 Å². The Labute approximate surface area is 126 Å². The summed E-state index contributed by atoms with van der Waals surface area (Å²) in [5.41, 5.74) is -1.31. The van der Waals surface area contributed by atoms with Crippen molar-refractivity contribution >= 4 is 21.6 Å². The second-order valence-electron chi connectivity index (χ2n) is 4.58. The van der Waals surface area contributed by atoms with Crippen LogP contribution in [0.5, 0.6) is 0 Å². The van der Waals surface area contributed by atoms with Crippen LogP contribution in [0.2, 0.25) is 5.02 Å². The Morgan fingerprint density at radius 1 is 1.38 bits per heavy atom. The van der Waals surface area contributed by atoms with E-state index in [1.165, 1.54) is 6.92 Å². The maximum absolute atomic E-state index is 13.0. The number of aliphatic hydroxyl groups is 1. The van der Waals surface area contributed by atoms with E-state index >= 15 is 0 Å². The van der Waals surface area contributed by atoms with Crippen molar-refractivity contribution in [1.29, 1.82) is 0 Å². The molecule has 1 aromatic rings. The Morgan fingerprint density at radius 3 is 2.43 bits per heavy atom. The van der Waals surface area contributed by atoms with Crippen LogP contribution in [0.1, 0.15) is 18.9 Å². The first-order chi connectivity index (χ1) is 9.48. The number of rotatable bonds is 5. The fourth-order valence-corrected chi connectivity index (χ4v) is 3.54. The predicted molar refractivity (Wildman–Crippen MR) is 72.6 cm³/mol. The summed E-state index contributed by atoms with van der Waals surface area (Å²) in [6.07, 6.45) is -5.50. The zero-order chi connectivity index (χ0) is 16.4. The third-order valence-electron chi connectivity index (χ3n) is 2.80. The van der Waals surface area contributed by atoms with Crippen LogP contribution < -0.4 is 0 Å². The van der Waals surface area contributed by atoms with Crippen molar-refractivity contribution in [3.8, 4) is 0 Å². The fraction of sp³-hybridized carbons (Fsp3) is 0.500. The van der Waals surface area contributed by atoms with Crippen molar-refractivity contribution in [3.63, 3.8) is 0 Å². The minimum Gasteiger partial charge on any atom is -0.393 e. The average Bonchev–Trinajstić information content (AvgIpc) is 2.33. The topological polar surface area (TPSA) is 57.6 Å². The standard InChI is InChI=1S/C12H15ClF3NO3S/c1-8(18)6-7-17(2)21(19,20)11-9(12(14,15)16)4-3-5-10(11)13/h3-5,8,18H,6-7H2,1-2H3. The van der Waals surface area contributed by atoms with Gasteiger partial charge in [-0.2, -0.15) is 13.2 Å². The zero-order valence-corrected chi connectivity index (χ0v) is 12.9. The molecule has 1 aromatic carbocycles. The van der Waals surface area contributed by atoms with E-state index in [1.54, 1.807) is 0 Å². The second-order valence-corrected chi connectivity index (χ2v) is 6.97. The van der Waals surface area contributed by atoms with E-state index < -0.39 is 37.8 Å². The number of sulfonamides is 1. The molecule has 0 spiro atoms. The number of aliphatic hydroxyl groups excluding tert-OH is 1. The van der Waals surface area contributed by atoms with Gasteiger partial charge in [0.15, 0.2) is 0 Å². The highest BCUT2D eigenvalue weighted by Crippen LogP contribution is 2.38. The van der Waals surface area contributed by atoms with Gasteiger partial charge in [0, 0.05) is 13.6 Å². The molecule has 1 unspecified atom stereocenters. The molecule has 9 heteroatoms. The quantitative estimate of drug-likeness (QED) is 0.892. The molecule has 0 aliphatic carbocycles. The summed E-state index contributed by atoms with van der Waals surface area (Å²) >= 11 is 5.67. The minimum absolute atomic E-state index is 0.0987. The summed E-state index contributed by atoms with van der Waals surface area (Å²) in [6, 6.07) is 2.80. The van der Waals surface area contributed by atoms with Crippen LogP contribution in [0, 0.1) is 0 Å². The molecule has 0 bridgehead atoms. The van der Waals surface area contributed by atoms with Gasteiger partial charge in [0.2, 0.25) is 10.0 Å². The highest BCUT2D eigenvalue weighted by atomic mass is 35.5. The van der Waals surface area contributed by atoms with Gasteiger partial charge in [0.25, 0.3) is 0 Å². The Hall–Kier alpha value is -0.830. The first kappa shape index (κ1) is 18.2. The Balaban J connectivity index is 3.32. The summed E-state index contributed by atoms with van der Waals surface area (Å²) in [6.45, 7) is 1.33. The lowest BCUT2D eigenvalue weighted by atomic mass is 10.2. The summed E-state index contributed by atoms with van der Waals surface area (Å²) in [4.78, 5) is -0.966. The lowest BCUT2D eigenvalue weighted by Gasteiger charge is -2.21. The van der Waals surface area contributed by atoms with Gasteiger partial charge in [-0.3, -0.25) is 0 Å². The largest absolute Gasteiger partial charge is 0.417 e. The average molecular weight is 346 g/mol. The third kappa shape index (κ3) is 4.32. The molecule has 0 amide bonds. The molecule has 0 heterocycles. The second kappa shape index (κ2) is 6.51. The molecule has 0 aromatic heterocycles. The molecule has 0 aliphatic rings. The van der Waals surface area contributed by atoms with Crippen molar-refractivity contribution in [2.75, 3.05) is 13.6 Å². The zero-order valence-electron chi connectivity index (χ0n) is 11.4. The van der Waals surface area contributed by atoms with Gasteiger partial charge in [0.1, 0.15) is 4.90 Å². The third-order valence-corrected chi connectivity index (χ3v) is 5.19. The van der Waals surface area contributed by atoms with Crippen molar-refractivity contribution in [1.82, 2.24) is 4.31 Å². The van der Waals surface area contributed by atoms with Gasteiger partial charge >= 0.3 is 6.18 Å². The molecular formula is C12H15ClF3NO3S. The van der Waals surface area contributed by atoms with Gasteiger partial charge in [-0.15, -0.1) is 0 Å². The molecule has 0 radical (unpaired) electrons. The van der Waals surface area contributed by atoms with Crippen LogP contribution in [0.3, 0.4) is 0 Å². The van der Waals surface area contributed by atoms with Crippen molar-refractivity contribution in [2.24, 2.45) is 0 Å². The molecule has 1 rings (SSSR count). The number of hydrogen-bond donors (Lipinski definition) is 1. The minimum atomic E-state index is -4.83. The van der Waals surface area contributed by atoms with Crippen LogP contribution >= 0.6 is 11.6 Å². The van der Waals surface area contributed by atoms with Gasteiger partial charge in [-0.1, -0.05) is 17.7 Å². The summed E-state index contributed by atoms with van der Waals surface area (Å²) in [5, 5.41) is 8.66. The lowest BCUT2D eigenvalue weighted by Crippen LogP contribution is -2.31. The lowest BCUT2D eigenvalue weighted by molar-refractivity contribution is -0.139. The Morgan fingerprint density at radius 2 is 1.95 bits per heavy atom. The monoisotopic (exact) mass is 345 g/mol. The normalized spacial score (nSPS) is 14.5. The number of alkyl halides is 3. The first-order valence-electron chi connectivity index (χ1n) is 5.98. The first-order valence-corrected chi connectivity index (χ1v) is 7.80. The highest BCUT2D eigenvalue weighted by molar-refractivity contribution is 7.89. The van der Waals surface area contributed by atoms with Crippen molar-refractivity contribution in [2.45, 2.75) is 30.5 Å². The van der Waals surface area contributed by atoms with Crippen LogP contribution in [0.25, 0.3) is 0 Å². The molecule has 120 valence electrons. The van der Waals surface area contributed by atoms with E-state index in [4.69, 9.17) is 16.7 Å². The van der Waals surface area contributed by atoms with Crippen molar-refractivity contribution < 1.29 is 26.7 Å². The van der Waals surface area contributed by atoms with Gasteiger partial charge in [0.05, 0.1) is 16.7 Å². The van der Waals surface area contributed by atoms with E-state index in [-0.39, 0.29) is 13.0 Å². The summed E-state index contributed by atoms with van der Waals surface area (Å²) < 4.78 is 64.2. The van der Waals surface area contributed by atoms with Crippen LogP contribution in [0.4, 0.5) is 13.2 Å². The van der Waals surface area contributed by atoms with Crippen LogP contribution in [-0.2, 0) is 16.2 Å². The maximum Gasteiger partial charge on any atom is 0.417 e. The highest BCUT2D eigenvalue weighted by Gasteiger charge is 2.39. The van der Waals surface area contributed by atoms with Crippen LogP contribution in [-0.4, -0.2) is 37.5 Å². The smallest absolute Gasteiger partial charge is 0.393 e. The van der Waals surface area contributed by atoms with E-state index in [1.807, 2.05) is 0 Å². The number of benzene rings is 1. The number of halogens is 4. The SMILES string of the molecule is CC(O)CCN(C)S(=O)(=O)c1c(Cl)cccc1C(F)(F)F. The Bertz CT molecular complexity index is 602. The maximum atomic E-state index is 13.0. The van der Waals surface area contributed by atoms with E-state index in [0.717, 1.165) is 23.5 Å². The fourth-order valence-electron chi connectivity index (χ4n) is 1.64. The molecule has 1 atom stereocenters. The van der Waals surface area contributed by atoms with Gasteiger partial charge < -0.3 is 5.11 Å². The number of nitrogens with zero attached hydrogens (tertiary/aromatic N) is 1. The molecule has 4 nitrogen and oxygen atoms in total. The predicted octanol–water partition coefficient (Wildman–Crippen LogP) is 2.75. The van der Waals surface area contributed by atoms with E-state index in [0.29, 0.717) is 6.07 Å². The summed E-state index contributed by atoms with van der Waals surface area (Å²) in [5.74, 6) is 0. The Kier molecular flexibility index (Phi) is 5.65. The molecular weight excluding hydrogens is 331 g/mol. The number of hydrogen-bond acceptors (Lipinski definition) is 3. The molecule has 0 aliphatic heterocycles. The molecule has 0 saturated heterocycles.